The van der Waals surface area contributed by atoms with Crippen molar-refractivity contribution >= 4 is 46.4 Å². The molecule has 0 heterocycles. The Morgan fingerprint density at radius 1 is 0.962 bits per heavy atom. The first kappa shape index (κ1) is 20.1. The Bertz CT molecular complexity index is 845. The molecule has 26 heavy (non-hydrogen) atoms. The molecule has 0 saturated carbocycles. The van der Waals surface area contributed by atoms with E-state index in [0.717, 1.165) is 0 Å². The first-order chi connectivity index (χ1) is 12.1. The van der Waals surface area contributed by atoms with Gasteiger partial charge in [-0.3, -0.25) is 9.59 Å². The molecule has 0 spiro atoms. The molecule has 0 saturated heterocycles. The van der Waals surface area contributed by atoms with Crippen LogP contribution in [0.2, 0.25) is 10.0 Å². The monoisotopic (exact) mass is 394 g/mol. The van der Waals surface area contributed by atoms with Crippen LogP contribution in [0.5, 0.6) is 5.75 Å². The molecule has 5 nitrogen and oxygen atoms in total. The lowest BCUT2D eigenvalue weighted by Crippen LogP contribution is -2.28. The summed E-state index contributed by atoms with van der Waals surface area (Å²) >= 11 is 11.8. The number of benzene rings is 2. The Morgan fingerprint density at radius 2 is 1.65 bits per heavy atom. The van der Waals surface area contributed by atoms with Crippen LogP contribution in [0.25, 0.3) is 0 Å². The third-order valence-electron chi connectivity index (χ3n) is 3.57. The van der Waals surface area contributed by atoms with Crippen molar-refractivity contribution in [2.45, 2.75) is 20.8 Å². The van der Waals surface area contributed by atoms with Crippen LogP contribution in [0.4, 0.5) is 11.4 Å². The van der Waals surface area contributed by atoms with Gasteiger partial charge in [0, 0.05) is 16.7 Å². The lowest BCUT2D eigenvalue weighted by Gasteiger charge is -2.19. The number of methoxy groups -OCH3 is 1. The quantitative estimate of drug-likeness (QED) is 0.744. The van der Waals surface area contributed by atoms with Crippen LogP contribution in [0.1, 0.15) is 31.1 Å². The standard InChI is InChI=1S/C19H20Cl2N2O3/c1-19(2,3)18(25)23-15-9-11(5-8-16(15)26-4)17(24)22-12-6-7-13(20)14(21)10-12/h5-10H,1-4H3,(H,22,24)(H,23,25). The van der Waals surface area contributed by atoms with Gasteiger partial charge in [0.05, 0.1) is 22.8 Å². The van der Waals surface area contributed by atoms with Gasteiger partial charge in [-0.2, -0.15) is 0 Å². The van der Waals surface area contributed by atoms with E-state index in [2.05, 4.69) is 10.6 Å². The van der Waals surface area contributed by atoms with Crippen LogP contribution in [0.3, 0.4) is 0 Å². The third-order valence-corrected chi connectivity index (χ3v) is 4.31. The number of ether oxygens (including phenoxy) is 1. The van der Waals surface area contributed by atoms with Crippen LogP contribution in [0, 0.1) is 5.41 Å². The maximum Gasteiger partial charge on any atom is 0.255 e. The fraction of sp³-hybridized carbons (Fsp3) is 0.263. The van der Waals surface area contributed by atoms with Crippen LogP contribution in [0.15, 0.2) is 36.4 Å². The predicted octanol–water partition coefficient (Wildman–Crippen LogP) is 5.24. The fourth-order valence-electron chi connectivity index (χ4n) is 2.03. The number of halogens is 2. The van der Waals surface area contributed by atoms with E-state index in [1.807, 2.05) is 0 Å². The number of hydrogen-bond donors (Lipinski definition) is 2. The summed E-state index contributed by atoms with van der Waals surface area (Å²) in [4.78, 5) is 24.8. The number of carbonyl (C=O) groups is 2. The molecule has 2 aromatic rings. The summed E-state index contributed by atoms with van der Waals surface area (Å²) in [5.41, 5.74) is 0.722. The first-order valence-corrected chi connectivity index (χ1v) is 8.63. The fourth-order valence-corrected chi connectivity index (χ4v) is 2.33. The molecule has 0 bridgehead atoms. The van der Waals surface area contributed by atoms with Gasteiger partial charge >= 0.3 is 0 Å². The second kappa shape index (κ2) is 7.98. The molecule has 0 aliphatic heterocycles. The summed E-state index contributed by atoms with van der Waals surface area (Å²) in [7, 11) is 1.50. The molecule has 0 unspecified atom stereocenters. The Labute approximate surface area is 162 Å². The minimum absolute atomic E-state index is 0.183. The predicted molar refractivity (Wildman–Crippen MR) is 105 cm³/mol. The van der Waals surface area contributed by atoms with Gasteiger partial charge in [0.1, 0.15) is 5.75 Å². The maximum atomic E-state index is 12.5. The zero-order valence-electron chi connectivity index (χ0n) is 14.9. The van der Waals surface area contributed by atoms with Crippen molar-refractivity contribution in [3.8, 4) is 5.75 Å². The van der Waals surface area contributed by atoms with Gasteiger partial charge in [0.25, 0.3) is 5.91 Å². The van der Waals surface area contributed by atoms with E-state index in [4.69, 9.17) is 27.9 Å². The minimum Gasteiger partial charge on any atom is -0.495 e. The number of nitrogens with one attached hydrogen (secondary N) is 2. The molecule has 7 heteroatoms. The second-order valence-electron chi connectivity index (χ2n) is 6.70. The molecule has 0 aliphatic carbocycles. The average molecular weight is 395 g/mol. The lowest BCUT2D eigenvalue weighted by molar-refractivity contribution is -0.123. The minimum atomic E-state index is -0.580. The Balaban J connectivity index is 2.26. The molecule has 0 radical (unpaired) electrons. The Morgan fingerprint density at radius 3 is 2.23 bits per heavy atom. The largest absolute Gasteiger partial charge is 0.495 e. The van der Waals surface area contributed by atoms with Crippen molar-refractivity contribution < 1.29 is 14.3 Å². The van der Waals surface area contributed by atoms with Gasteiger partial charge in [-0.15, -0.1) is 0 Å². The zero-order chi connectivity index (χ0) is 19.5. The van der Waals surface area contributed by atoms with Crippen molar-refractivity contribution in [3.63, 3.8) is 0 Å². The lowest BCUT2D eigenvalue weighted by atomic mass is 9.95. The molecule has 138 valence electrons. The highest BCUT2D eigenvalue weighted by atomic mass is 35.5. The number of hydrogen-bond acceptors (Lipinski definition) is 3. The molecule has 0 atom stereocenters. The molecule has 0 aromatic heterocycles. The number of carbonyl (C=O) groups excluding carboxylic acids is 2. The number of amides is 2. The van der Waals surface area contributed by atoms with Crippen LogP contribution in [-0.4, -0.2) is 18.9 Å². The van der Waals surface area contributed by atoms with Crippen LogP contribution < -0.4 is 15.4 Å². The van der Waals surface area contributed by atoms with E-state index in [1.54, 1.807) is 57.2 Å². The highest BCUT2D eigenvalue weighted by Gasteiger charge is 2.23. The summed E-state index contributed by atoms with van der Waals surface area (Å²) in [5, 5.41) is 6.28. The van der Waals surface area contributed by atoms with Crippen molar-refractivity contribution in [1.82, 2.24) is 0 Å². The van der Waals surface area contributed by atoms with E-state index in [0.29, 0.717) is 32.7 Å². The smallest absolute Gasteiger partial charge is 0.255 e. The summed E-state index contributed by atoms with van der Waals surface area (Å²) in [6.07, 6.45) is 0. The molecule has 2 amide bonds. The summed E-state index contributed by atoms with van der Waals surface area (Å²) in [6, 6.07) is 9.61. The Hall–Kier alpha value is -2.24. The second-order valence-corrected chi connectivity index (χ2v) is 7.52. The van der Waals surface area contributed by atoms with E-state index in [-0.39, 0.29) is 11.8 Å². The van der Waals surface area contributed by atoms with Crippen LogP contribution >= 0.6 is 23.2 Å². The third kappa shape index (κ3) is 4.90. The Kier molecular flexibility index (Phi) is 6.16. The first-order valence-electron chi connectivity index (χ1n) is 7.87. The van der Waals surface area contributed by atoms with E-state index in [1.165, 1.54) is 7.11 Å². The molecule has 2 aromatic carbocycles. The highest BCUT2D eigenvalue weighted by molar-refractivity contribution is 6.42. The topological polar surface area (TPSA) is 67.4 Å². The van der Waals surface area contributed by atoms with Gasteiger partial charge in [-0.1, -0.05) is 44.0 Å². The summed E-state index contributed by atoms with van der Waals surface area (Å²) in [6.45, 7) is 5.40. The SMILES string of the molecule is COc1ccc(C(=O)Nc2ccc(Cl)c(Cl)c2)cc1NC(=O)C(C)(C)C. The van der Waals surface area contributed by atoms with Gasteiger partial charge in [-0.25, -0.2) is 0 Å². The van der Waals surface area contributed by atoms with Crippen molar-refractivity contribution in [1.29, 1.82) is 0 Å². The van der Waals surface area contributed by atoms with Crippen LogP contribution in [-0.2, 0) is 4.79 Å². The number of rotatable bonds is 4. The van der Waals surface area contributed by atoms with Gasteiger partial charge in [-0.05, 0) is 36.4 Å². The molecule has 2 rings (SSSR count). The van der Waals surface area contributed by atoms with Crippen molar-refractivity contribution in [2.24, 2.45) is 5.41 Å². The molecule has 0 fully saturated rings. The highest BCUT2D eigenvalue weighted by Crippen LogP contribution is 2.29. The van der Waals surface area contributed by atoms with Gasteiger partial charge < -0.3 is 15.4 Å². The van der Waals surface area contributed by atoms with E-state index >= 15 is 0 Å². The van der Waals surface area contributed by atoms with E-state index in [9.17, 15) is 9.59 Å². The maximum absolute atomic E-state index is 12.5. The zero-order valence-corrected chi connectivity index (χ0v) is 16.5. The van der Waals surface area contributed by atoms with Gasteiger partial charge in [0.2, 0.25) is 5.91 Å². The molecular weight excluding hydrogens is 375 g/mol. The van der Waals surface area contributed by atoms with Crippen molar-refractivity contribution in [3.05, 3.63) is 52.0 Å². The normalized spacial score (nSPS) is 11.0. The van der Waals surface area contributed by atoms with Crippen molar-refractivity contribution in [2.75, 3.05) is 17.7 Å². The summed E-state index contributed by atoms with van der Waals surface area (Å²) < 4.78 is 5.26. The van der Waals surface area contributed by atoms with E-state index < -0.39 is 5.41 Å². The number of anilines is 2. The molecular formula is C19H20Cl2N2O3. The summed E-state index contributed by atoms with van der Waals surface area (Å²) in [5.74, 6) is -0.0659. The average Bonchev–Trinajstić information content (AvgIpc) is 2.57. The van der Waals surface area contributed by atoms with Gasteiger partial charge in [0.15, 0.2) is 0 Å². The molecule has 2 N–H and O–H groups in total. The molecule has 0 aliphatic rings.